The van der Waals surface area contributed by atoms with E-state index in [1.54, 1.807) is 7.11 Å². The van der Waals surface area contributed by atoms with Crippen LogP contribution in [0.15, 0.2) is 18.2 Å². The minimum absolute atomic E-state index is 0.480. The number of rotatable bonds is 9. The molecule has 0 unspecified atom stereocenters. The number of piperazine rings is 1. The van der Waals surface area contributed by atoms with Gasteiger partial charge < -0.3 is 14.8 Å². The standard InChI is InChI=1S/C19H32N2O2/c1-4-6-7-8-17(21-13-11-20-12-14-21)16-9-10-18(23-5-2)19(15-16)22-3/h9-10,15,17,20H,4-8,11-14H2,1-3H3/t17-/m1/s1. The first-order valence-electron chi connectivity index (χ1n) is 9.05. The predicted octanol–water partition coefficient (Wildman–Crippen LogP) is 3.62. The molecule has 1 heterocycles. The Morgan fingerprint density at radius 3 is 2.57 bits per heavy atom. The lowest BCUT2D eigenvalue weighted by molar-refractivity contribution is 0.162. The van der Waals surface area contributed by atoms with Gasteiger partial charge in [0.25, 0.3) is 0 Å². The second-order valence-electron chi connectivity index (χ2n) is 6.14. The van der Waals surface area contributed by atoms with Crippen molar-refractivity contribution in [2.75, 3.05) is 39.9 Å². The summed E-state index contributed by atoms with van der Waals surface area (Å²) >= 11 is 0. The van der Waals surface area contributed by atoms with E-state index in [-0.39, 0.29) is 0 Å². The van der Waals surface area contributed by atoms with E-state index in [0.717, 1.165) is 37.7 Å². The van der Waals surface area contributed by atoms with Crippen LogP contribution in [0.4, 0.5) is 0 Å². The van der Waals surface area contributed by atoms with Gasteiger partial charge in [-0.05, 0) is 31.0 Å². The van der Waals surface area contributed by atoms with Gasteiger partial charge in [0.15, 0.2) is 11.5 Å². The molecule has 0 aliphatic carbocycles. The zero-order valence-electron chi connectivity index (χ0n) is 14.9. The van der Waals surface area contributed by atoms with Crippen LogP contribution in [0.5, 0.6) is 11.5 Å². The molecular weight excluding hydrogens is 288 g/mol. The van der Waals surface area contributed by atoms with E-state index in [4.69, 9.17) is 9.47 Å². The third-order valence-corrected chi connectivity index (χ3v) is 4.55. The van der Waals surface area contributed by atoms with Gasteiger partial charge in [0.2, 0.25) is 0 Å². The van der Waals surface area contributed by atoms with Gasteiger partial charge in [-0.25, -0.2) is 0 Å². The van der Waals surface area contributed by atoms with E-state index in [1.807, 2.05) is 6.92 Å². The van der Waals surface area contributed by atoms with Crippen LogP contribution in [-0.2, 0) is 0 Å². The summed E-state index contributed by atoms with van der Waals surface area (Å²) < 4.78 is 11.2. The first kappa shape index (κ1) is 18.1. The van der Waals surface area contributed by atoms with Crippen LogP contribution in [0.1, 0.15) is 51.1 Å². The number of hydrogen-bond donors (Lipinski definition) is 1. The minimum Gasteiger partial charge on any atom is -0.493 e. The number of hydrogen-bond acceptors (Lipinski definition) is 4. The average Bonchev–Trinajstić information content (AvgIpc) is 2.60. The lowest BCUT2D eigenvalue weighted by Crippen LogP contribution is -2.45. The summed E-state index contributed by atoms with van der Waals surface area (Å²) in [6.45, 7) is 9.32. The number of ether oxygens (including phenoxy) is 2. The quantitative estimate of drug-likeness (QED) is 0.705. The largest absolute Gasteiger partial charge is 0.493 e. The normalized spacial score (nSPS) is 17.0. The van der Waals surface area contributed by atoms with E-state index >= 15 is 0 Å². The zero-order chi connectivity index (χ0) is 16.5. The first-order valence-corrected chi connectivity index (χ1v) is 9.05. The van der Waals surface area contributed by atoms with Crippen molar-refractivity contribution in [1.82, 2.24) is 10.2 Å². The van der Waals surface area contributed by atoms with Gasteiger partial charge in [-0.1, -0.05) is 32.3 Å². The Morgan fingerprint density at radius 1 is 1.13 bits per heavy atom. The molecule has 1 aromatic carbocycles. The SMILES string of the molecule is CCCCC[C@H](c1ccc(OCC)c(OC)c1)N1CCNCC1. The molecule has 0 aromatic heterocycles. The topological polar surface area (TPSA) is 33.7 Å². The highest BCUT2D eigenvalue weighted by molar-refractivity contribution is 5.44. The Balaban J connectivity index is 2.18. The molecule has 1 atom stereocenters. The van der Waals surface area contributed by atoms with Gasteiger partial charge in [0, 0.05) is 32.2 Å². The fourth-order valence-electron chi connectivity index (χ4n) is 3.31. The number of nitrogens with one attached hydrogen (secondary N) is 1. The smallest absolute Gasteiger partial charge is 0.161 e. The Labute approximate surface area is 141 Å². The molecule has 2 rings (SSSR count). The zero-order valence-corrected chi connectivity index (χ0v) is 14.9. The van der Waals surface area contributed by atoms with Crippen LogP contribution in [0.2, 0.25) is 0 Å². The van der Waals surface area contributed by atoms with Crippen molar-refractivity contribution < 1.29 is 9.47 Å². The average molecular weight is 320 g/mol. The van der Waals surface area contributed by atoms with Crippen molar-refractivity contribution in [3.63, 3.8) is 0 Å². The van der Waals surface area contributed by atoms with Crippen molar-refractivity contribution in [3.8, 4) is 11.5 Å². The lowest BCUT2D eigenvalue weighted by Gasteiger charge is -2.35. The number of methoxy groups -OCH3 is 1. The van der Waals surface area contributed by atoms with Crippen molar-refractivity contribution in [1.29, 1.82) is 0 Å². The fraction of sp³-hybridized carbons (Fsp3) is 0.684. The molecule has 0 radical (unpaired) electrons. The summed E-state index contributed by atoms with van der Waals surface area (Å²) in [4.78, 5) is 2.61. The van der Waals surface area contributed by atoms with Gasteiger partial charge in [-0.2, -0.15) is 0 Å². The first-order chi connectivity index (χ1) is 11.3. The van der Waals surface area contributed by atoms with Gasteiger partial charge in [-0.3, -0.25) is 4.90 Å². The highest BCUT2D eigenvalue weighted by atomic mass is 16.5. The van der Waals surface area contributed by atoms with E-state index in [2.05, 4.69) is 35.3 Å². The van der Waals surface area contributed by atoms with Crippen molar-refractivity contribution in [3.05, 3.63) is 23.8 Å². The highest BCUT2D eigenvalue weighted by Gasteiger charge is 2.22. The van der Waals surface area contributed by atoms with E-state index < -0.39 is 0 Å². The maximum Gasteiger partial charge on any atom is 0.161 e. The molecule has 0 spiro atoms. The number of nitrogens with zero attached hydrogens (tertiary/aromatic N) is 1. The summed E-state index contributed by atoms with van der Waals surface area (Å²) in [6.07, 6.45) is 5.06. The molecule has 1 aliphatic rings. The monoisotopic (exact) mass is 320 g/mol. The van der Waals surface area contributed by atoms with Crippen LogP contribution < -0.4 is 14.8 Å². The molecule has 23 heavy (non-hydrogen) atoms. The molecule has 4 heteroatoms. The second kappa shape index (κ2) is 9.78. The minimum atomic E-state index is 0.480. The van der Waals surface area contributed by atoms with Gasteiger partial charge in [-0.15, -0.1) is 0 Å². The molecule has 0 bridgehead atoms. The molecular formula is C19H32N2O2. The van der Waals surface area contributed by atoms with Gasteiger partial charge >= 0.3 is 0 Å². The summed E-state index contributed by atoms with van der Waals surface area (Å²) in [5.41, 5.74) is 1.35. The molecule has 1 aliphatic heterocycles. The summed E-state index contributed by atoms with van der Waals surface area (Å²) in [5, 5.41) is 3.45. The fourth-order valence-corrected chi connectivity index (χ4v) is 3.31. The van der Waals surface area contributed by atoms with Crippen LogP contribution >= 0.6 is 0 Å². The highest BCUT2D eigenvalue weighted by Crippen LogP contribution is 2.34. The van der Waals surface area contributed by atoms with Crippen LogP contribution in [0.25, 0.3) is 0 Å². The van der Waals surface area contributed by atoms with E-state index in [0.29, 0.717) is 12.6 Å². The van der Waals surface area contributed by atoms with Crippen molar-refractivity contribution >= 4 is 0 Å². The third kappa shape index (κ3) is 5.11. The number of benzene rings is 1. The maximum absolute atomic E-state index is 5.66. The Kier molecular flexibility index (Phi) is 7.69. The summed E-state index contributed by atoms with van der Waals surface area (Å²) in [7, 11) is 1.72. The Bertz CT molecular complexity index is 459. The molecule has 4 nitrogen and oxygen atoms in total. The molecule has 1 fully saturated rings. The van der Waals surface area contributed by atoms with Crippen molar-refractivity contribution in [2.24, 2.45) is 0 Å². The lowest BCUT2D eigenvalue weighted by atomic mass is 9.97. The molecule has 0 amide bonds. The summed E-state index contributed by atoms with van der Waals surface area (Å²) in [5.74, 6) is 1.69. The molecule has 130 valence electrons. The molecule has 1 N–H and O–H groups in total. The second-order valence-corrected chi connectivity index (χ2v) is 6.14. The van der Waals surface area contributed by atoms with E-state index in [1.165, 1.54) is 31.2 Å². The van der Waals surface area contributed by atoms with Crippen molar-refractivity contribution in [2.45, 2.75) is 45.6 Å². The predicted molar refractivity (Wildman–Crippen MR) is 95.5 cm³/mol. The Morgan fingerprint density at radius 2 is 1.91 bits per heavy atom. The summed E-state index contributed by atoms with van der Waals surface area (Å²) in [6, 6.07) is 6.93. The van der Waals surface area contributed by atoms with Crippen LogP contribution in [0, 0.1) is 0 Å². The third-order valence-electron chi connectivity index (χ3n) is 4.55. The molecule has 1 aromatic rings. The van der Waals surface area contributed by atoms with Crippen LogP contribution in [-0.4, -0.2) is 44.8 Å². The molecule has 1 saturated heterocycles. The number of unbranched alkanes of at least 4 members (excludes halogenated alkanes) is 2. The maximum atomic E-state index is 5.66. The van der Waals surface area contributed by atoms with Crippen LogP contribution in [0.3, 0.4) is 0 Å². The van der Waals surface area contributed by atoms with E-state index in [9.17, 15) is 0 Å². The molecule has 0 saturated carbocycles. The van der Waals surface area contributed by atoms with Gasteiger partial charge in [0.1, 0.15) is 0 Å². The van der Waals surface area contributed by atoms with Gasteiger partial charge in [0.05, 0.1) is 13.7 Å². The Hall–Kier alpha value is -1.26.